The molecule has 3 aliphatic rings. The molecule has 1 saturated carbocycles. The zero-order valence-electron chi connectivity index (χ0n) is 22.6. The van der Waals surface area contributed by atoms with Crippen LogP contribution < -0.4 is 5.14 Å². The smallest absolute Gasteiger partial charge is 0.333 e. The van der Waals surface area contributed by atoms with Gasteiger partial charge in [0.1, 0.15) is 0 Å². The lowest BCUT2D eigenvalue weighted by atomic mass is 9.86. The van der Waals surface area contributed by atoms with Gasteiger partial charge in [-0.25, -0.2) is 5.14 Å². The molecule has 204 valence electrons. The molecule has 0 radical (unpaired) electrons. The number of nitrogens with two attached hydrogens (primary N) is 1. The normalized spacial score (nSPS) is 22.8. The molecule has 0 spiro atoms. The molecular formula is C29H44N4O3S. The third kappa shape index (κ3) is 6.31. The largest absolute Gasteiger partial charge is 0.341 e. The Bertz CT molecular complexity index is 1210. The fourth-order valence-electron chi connectivity index (χ4n) is 6.99. The number of benzene rings is 1. The van der Waals surface area contributed by atoms with Crippen molar-refractivity contribution in [3.05, 3.63) is 46.7 Å². The summed E-state index contributed by atoms with van der Waals surface area (Å²) in [5.74, 6) is 0. The predicted molar refractivity (Wildman–Crippen MR) is 150 cm³/mol. The van der Waals surface area contributed by atoms with E-state index in [4.69, 9.17) is 9.32 Å². The van der Waals surface area contributed by atoms with Gasteiger partial charge in [-0.05, 0) is 89.9 Å². The molecule has 5 rings (SSSR count). The summed E-state index contributed by atoms with van der Waals surface area (Å²) in [5.41, 5.74) is 7.01. The molecular weight excluding hydrogens is 484 g/mol. The number of allylic oxidation sites excluding steroid dienone is 2. The molecule has 0 atom stereocenters. The van der Waals surface area contributed by atoms with Crippen LogP contribution >= 0.6 is 0 Å². The van der Waals surface area contributed by atoms with Crippen LogP contribution in [0, 0.1) is 0 Å². The molecule has 7 nitrogen and oxygen atoms in total. The molecule has 2 aromatic rings. The van der Waals surface area contributed by atoms with Gasteiger partial charge in [0.25, 0.3) is 0 Å². The molecule has 37 heavy (non-hydrogen) atoms. The molecule has 2 N–H and O–H groups in total. The highest BCUT2D eigenvalue weighted by Gasteiger charge is 2.31. The zero-order valence-corrected chi connectivity index (χ0v) is 23.4. The molecule has 0 bridgehead atoms. The molecule has 3 heterocycles. The first kappa shape index (κ1) is 26.9. The van der Waals surface area contributed by atoms with E-state index in [1.54, 1.807) is 5.57 Å². The summed E-state index contributed by atoms with van der Waals surface area (Å²) in [6.07, 6.45) is 10.4. The second kappa shape index (κ2) is 11.6. The maximum absolute atomic E-state index is 11.5. The summed E-state index contributed by atoms with van der Waals surface area (Å²) >= 11 is 0. The van der Waals surface area contributed by atoms with Crippen molar-refractivity contribution < 1.29 is 12.6 Å². The van der Waals surface area contributed by atoms with E-state index in [1.165, 1.54) is 66.3 Å². The zero-order chi connectivity index (χ0) is 26.0. The number of piperidine rings is 1. The van der Waals surface area contributed by atoms with Crippen LogP contribution in [0.3, 0.4) is 0 Å². The van der Waals surface area contributed by atoms with Crippen LogP contribution in [-0.4, -0.2) is 61.6 Å². The lowest BCUT2D eigenvalue weighted by Gasteiger charge is -2.41. The van der Waals surface area contributed by atoms with Crippen molar-refractivity contribution >= 4 is 21.2 Å². The fourth-order valence-corrected chi connectivity index (χ4v) is 7.31. The van der Waals surface area contributed by atoms with Crippen LogP contribution in [0.5, 0.6) is 0 Å². The van der Waals surface area contributed by atoms with Crippen LogP contribution in [-0.2, 0) is 27.5 Å². The summed E-state index contributed by atoms with van der Waals surface area (Å²) in [4.78, 5) is 5.27. The predicted octanol–water partition coefficient (Wildman–Crippen LogP) is 4.92. The van der Waals surface area contributed by atoms with Gasteiger partial charge in [0.2, 0.25) is 0 Å². The van der Waals surface area contributed by atoms with Crippen LogP contribution in [0.1, 0.15) is 82.5 Å². The second-order valence-corrected chi connectivity index (χ2v) is 12.7. The third-order valence-electron chi connectivity index (χ3n) is 8.94. The Morgan fingerprint density at radius 1 is 0.973 bits per heavy atom. The number of fused-ring (bicyclic) bond motifs is 1. The quantitative estimate of drug-likeness (QED) is 0.492. The lowest BCUT2D eigenvalue weighted by molar-refractivity contribution is 0.116. The van der Waals surface area contributed by atoms with E-state index in [9.17, 15) is 8.42 Å². The molecule has 0 unspecified atom stereocenters. The maximum atomic E-state index is 11.5. The van der Waals surface area contributed by atoms with Crippen molar-refractivity contribution in [3.8, 4) is 0 Å². The van der Waals surface area contributed by atoms with E-state index in [-0.39, 0.29) is 6.61 Å². The highest BCUT2D eigenvalue weighted by atomic mass is 32.2. The van der Waals surface area contributed by atoms with Crippen molar-refractivity contribution in [2.45, 2.75) is 90.3 Å². The topological polar surface area (TPSA) is 80.8 Å². The first-order chi connectivity index (χ1) is 17.8. The Labute approximate surface area is 222 Å². The Balaban J connectivity index is 1.38. The summed E-state index contributed by atoms with van der Waals surface area (Å²) in [6, 6.07) is 9.84. The monoisotopic (exact) mass is 528 g/mol. The van der Waals surface area contributed by atoms with E-state index in [1.807, 2.05) is 0 Å². The van der Waals surface area contributed by atoms with Crippen molar-refractivity contribution in [1.29, 1.82) is 0 Å². The minimum Gasteiger partial charge on any atom is -0.341 e. The minimum atomic E-state index is -3.96. The number of para-hydroxylation sites is 1. The van der Waals surface area contributed by atoms with E-state index in [0.717, 1.165) is 45.6 Å². The molecule has 0 amide bonds. The maximum Gasteiger partial charge on any atom is 0.333 e. The van der Waals surface area contributed by atoms with Gasteiger partial charge in [0.15, 0.2) is 0 Å². The number of rotatable bonds is 8. The van der Waals surface area contributed by atoms with Crippen LogP contribution in [0.15, 0.2) is 35.4 Å². The van der Waals surface area contributed by atoms with E-state index in [2.05, 4.69) is 52.5 Å². The van der Waals surface area contributed by atoms with Gasteiger partial charge in [0.05, 0.1) is 6.61 Å². The number of likely N-dealkylation sites (tertiary alicyclic amines) is 2. The Hall–Kier alpha value is -1.71. The number of nitrogens with zero attached hydrogens (tertiary/aromatic N) is 3. The molecule has 1 aromatic heterocycles. The van der Waals surface area contributed by atoms with Gasteiger partial charge in [0, 0.05) is 54.7 Å². The van der Waals surface area contributed by atoms with Crippen molar-refractivity contribution in [2.24, 2.45) is 5.14 Å². The van der Waals surface area contributed by atoms with Crippen LogP contribution in [0.4, 0.5) is 0 Å². The van der Waals surface area contributed by atoms with Crippen LogP contribution in [0.2, 0.25) is 0 Å². The summed E-state index contributed by atoms with van der Waals surface area (Å²) < 4.78 is 30.6. The second-order valence-electron chi connectivity index (χ2n) is 11.5. The third-order valence-corrected chi connectivity index (χ3v) is 9.44. The van der Waals surface area contributed by atoms with Gasteiger partial charge in [-0.2, -0.15) is 8.42 Å². The van der Waals surface area contributed by atoms with Gasteiger partial charge in [-0.1, -0.05) is 29.3 Å². The fraction of sp³-hybridized carbons (Fsp3) is 0.655. The van der Waals surface area contributed by atoms with Gasteiger partial charge < -0.3 is 9.47 Å². The average molecular weight is 529 g/mol. The van der Waals surface area contributed by atoms with Crippen LogP contribution in [0.25, 0.3) is 10.9 Å². The van der Waals surface area contributed by atoms with Gasteiger partial charge in [-0.15, -0.1) is 0 Å². The van der Waals surface area contributed by atoms with E-state index >= 15 is 0 Å². The Morgan fingerprint density at radius 3 is 2.30 bits per heavy atom. The number of hydrogen-bond acceptors (Lipinski definition) is 5. The standard InChI is InChI=1S/C29H44N4O3S/c1-22(2)23-9-11-24(12-10-23)32-18-13-25(14-19-32)33-28-8-4-3-7-26(28)27(21-31-16-5-6-17-31)29(33)15-20-36-37(30,34)35/h3-4,7-8,24-25H,5-6,9-21H2,1-2H3,(H2,30,34,35). The highest BCUT2D eigenvalue weighted by Crippen LogP contribution is 2.37. The first-order valence-electron chi connectivity index (χ1n) is 14.2. The van der Waals surface area contributed by atoms with Gasteiger partial charge in [-0.3, -0.25) is 9.08 Å². The van der Waals surface area contributed by atoms with Gasteiger partial charge >= 0.3 is 10.3 Å². The Kier molecular flexibility index (Phi) is 8.41. The molecule has 1 aliphatic carbocycles. The molecule has 2 aliphatic heterocycles. The number of aromatic nitrogens is 1. The SMILES string of the molecule is CC(C)=C1CCC(N2CCC(n3c(CCOS(N)(=O)=O)c(CN4CCCC4)c4ccccc43)CC2)CC1. The Morgan fingerprint density at radius 2 is 1.65 bits per heavy atom. The first-order valence-corrected chi connectivity index (χ1v) is 15.7. The molecule has 3 fully saturated rings. The van der Waals surface area contributed by atoms with Crippen molar-refractivity contribution in [2.75, 3.05) is 32.8 Å². The van der Waals surface area contributed by atoms with E-state index in [0.29, 0.717) is 18.5 Å². The molecule has 8 heteroatoms. The van der Waals surface area contributed by atoms with Crippen molar-refractivity contribution in [1.82, 2.24) is 14.4 Å². The summed E-state index contributed by atoms with van der Waals surface area (Å²) in [5, 5.41) is 6.46. The molecule has 2 saturated heterocycles. The number of hydrogen-bond donors (Lipinski definition) is 1. The highest BCUT2D eigenvalue weighted by molar-refractivity contribution is 7.84. The summed E-state index contributed by atoms with van der Waals surface area (Å²) in [6.45, 7) is 10.0. The van der Waals surface area contributed by atoms with Crippen molar-refractivity contribution in [3.63, 3.8) is 0 Å². The minimum absolute atomic E-state index is 0.0791. The average Bonchev–Trinajstić information content (AvgIpc) is 3.50. The lowest BCUT2D eigenvalue weighted by Crippen LogP contribution is -2.43. The van der Waals surface area contributed by atoms with E-state index < -0.39 is 10.3 Å². The summed E-state index contributed by atoms with van der Waals surface area (Å²) in [7, 11) is -3.96. The molecule has 1 aromatic carbocycles.